The Morgan fingerprint density at radius 3 is 2.39 bits per heavy atom. The van der Waals surface area contributed by atoms with Crippen LogP contribution in [0.1, 0.15) is 57.1 Å². The van der Waals surface area contributed by atoms with E-state index in [2.05, 4.69) is 29.1 Å². The molecule has 1 heterocycles. The van der Waals surface area contributed by atoms with Crippen LogP contribution in [0.2, 0.25) is 0 Å². The van der Waals surface area contributed by atoms with Crippen molar-refractivity contribution in [3.63, 3.8) is 0 Å². The Hall–Kier alpha value is -3.09. The predicted molar refractivity (Wildman–Crippen MR) is 118 cm³/mol. The largest absolute Gasteiger partial charge is 0.344 e. The number of carbonyl (C=O) groups is 2. The van der Waals surface area contributed by atoms with Gasteiger partial charge in [-0.2, -0.15) is 0 Å². The monoisotopic (exact) mass is 429 g/mol. The first-order valence-corrected chi connectivity index (χ1v) is 10.5. The molecule has 0 radical (unpaired) electrons. The van der Waals surface area contributed by atoms with E-state index in [9.17, 15) is 18.4 Å². The van der Waals surface area contributed by atoms with Crippen molar-refractivity contribution >= 4 is 23.2 Å². The molecule has 1 atom stereocenters. The van der Waals surface area contributed by atoms with Gasteiger partial charge in [-0.3, -0.25) is 9.59 Å². The second-order valence-corrected chi connectivity index (χ2v) is 7.49. The first-order chi connectivity index (χ1) is 14.8. The standard InChI is InChI=1S/C24H29F2N3O2/c1-4-6-8-16(3)18-9-10-22(27-15-18)29-24(31)21(7-5-2)28-23(30)13-17-11-19(25)14-20(26)12-17/h9-12,14-15,21H,3-8,13H2,1-2H3,(H,28,30)(H,27,29,31). The number of nitrogens with zero attached hydrogens (tertiary/aromatic N) is 1. The summed E-state index contributed by atoms with van der Waals surface area (Å²) in [6.07, 6.45) is 5.55. The van der Waals surface area contributed by atoms with Crippen LogP contribution in [0.15, 0.2) is 43.1 Å². The second-order valence-electron chi connectivity index (χ2n) is 7.49. The molecule has 166 valence electrons. The summed E-state index contributed by atoms with van der Waals surface area (Å²) in [6.45, 7) is 8.07. The molecule has 1 aromatic heterocycles. The zero-order valence-corrected chi connectivity index (χ0v) is 18.0. The van der Waals surface area contributed by atoms with Crippen LogP contribution in [0, 0.1) is 11.6 Å². The number of rotatable bonds is 11. The topological polar surface area (TPSA) is 71.1 Å². The molecular weight excluding hydrogens is 400 g/mol. The van der Waals surface area contributed by atoms with Crippen molar-refractivity contribution in [3.05, 3.63) is 65.9 Å². The SMILES string of the molecule is C=C(CCCC)c1ccc(NC(=O)C(CCC)NC(=O)Cc2cc(F)cc(F)c2)nc1. The summed E-state index contributed by atoms with van der Waals surface area (Å²) in [5.41, 5.74) is 2.12. The summed E-state index contributed by atoms with van der Waals surface area (Å²) in [4.78, 5) is 29.2. The van der Waals surface area contributed by atoms with Gasteiger partial charge in [0.25, 0.3) is 0 Å². The molecule has 0 aliphatic rings. The lowest BCUT2D eigenvalue weighted by molar-refractivity contribution is -0.126. The van der Waals surface area contributed by atoms with Crippen LogP contribution >= 0.6 is 0 Å². The van der Waals surface area contributed by atoms with Crippen LogP contribution in [-0.4, -0.2) is 22.8 Å². The average molecular weight is 430 g/mol. The number of unbranched alkanes of at least 4 members (excludes halogenated alkanes) is 1. The van der Waals surface area contributed by atoms with Gasteiger partial charge in [-0.05, 0) is 60.2 Å². The average Bonchev–Trinajstić information content (AvgIpc) is 2.71. The summed E-state index contributed by atoms with van der Waals surface area (Å²) in [5.74, 6) is -2.02. The molecule has 0 fully saturated rings. The molecule has 2 rings (SSSR count). The number of aromatic nitrogens is 1. The zero-order chi connectivity index (χ0) is 22.8. The number of anilines is 1. The third-order valence-corrected chi connectivity index (χ3v) is 4.77. The molecule has 0 bridgehead atoms. The third kappa shape index (κ3) is 7.92. The Morgan fingerprint density at radius 1 is 1.10 bits per heavy atom. The Morgan fingerprint density at radius 2 is 1.81 bits per heavy atom. The number of allylic oxidation sites excluding steroid dienone is 1. The fourth-order valence-corrected chi connectivity index (χ4v) is 3.13. The maximum absolute atomic E-state index is 13.3. The first kappa shape index (κ1) is 24.2. The summed E-state index contributed by atoms with van der Waals surface area (Å²) in [5, 5.41) is 5.35. The van der Waals surface area contributed by atoms with E-state index in [-0.39, 0.29) is 12.0 Å². The molecule has 0 aliphatic heterocycles. The number of amides is 2. The van der Waals surface area contributed by atoms with Crippen molar-refractivity contribution in [1.29, 1.82) is 0 Å². The van der Waals surface area contributed by atoms with Crippen LogP contribution in [0.3, 0.4) is 0 Å². The molecule has 7 heteroatoms. The van der Waals surface area contributed by atoms with Crippen LogP contribution in [-0.2, 0) is 16.0 Å². The predicted octanol–water partition coefficient (Wildman–Crippen LogP) is 5.03. The van der Waals surface area contributed by atoms with Gasteiger partial charge in [0.05, 0.1) is 6.42 Å². The second kappa shape index (κ2) is 11.9. The fourth-order valence-electron chi connectivity index (χ4n) is 3.13. The number of carbonyl (C=O) groups excluding carboxylic acids is 2. The molecule has 2 amide bonds. The van der Waals surface area contributed by atoms with Gasteiger partial charge in [0, 0.05) is 12.3 Å². The quantitative estimate of drug-likeness (QED) is 0.526. The number of pyridine rings is 1. The van der Waals surface area contributed by atoms with Gasteiger partial charge in [0.15, 0.2) is 0 Å². The van der Waals surface area contributed by atoms with Gasteiger partial charge in [-0.15, -0.1) is 0 Å². The van der Waals surface area contributed by atoms with Gasteiger partial charge >= 0.3 is 0 Å². The van der Waals surface area contributed by atoms with E-state index in [4.69, 9.17) is 0 Å². The van der Waals surface area contributed by atoms with Gasteiger partial charge in [-0.1, -0.05) is 33.3 Å². The van der Waals surface area contributed by atoms with Crippen LogP contribution in [0.4, 0.5) is 14.6 Å². The van der Waals surface area contributed by atoms with E-state index in [0.29, 0.717) is 18.7 Å². The minimum atomic E-state index is -0.781. The van der Waals surface area contributed by atoms with Crippen molar-refractivity contribution < 1.29 is 18.4 Å². The number of benzene rings is 1. The van der Waals surface area contributed by atoms with E-state index in [1.54, 1.807) is 12.3 Å². The Labute approximate surface area is 182 Å². The normalized spacial score (nSPS) is 11.6. The van der Waals surface area contributed by atoms with Crippen molar-refractivity contribution in [2.45, 2.75) is 58.4 Å². The number of hydrogen-bond donors (Lipinski definition) is 2. The Kier molecular flexibility index (Phi) is 9.31. The van der Waals surface area contributed by atoms with Crippen LogP contribution < -0.4 is 10.6 Å². The molecule has 1 unspecified atom stereocenters. The highest BCUT2D eigenvalue weighted by atomic mass is 19.1. The highest BCUT2D eigenvalue weighted by molar-refractivity contribution is 5.96. The van der Waals surface area contributed by atoms with Crippen molar-refractivity contribution in [2.24, 2.45) is 0 Å². The van der Waals surface area contributed by atoms with E-state index < -0.39 is 29.5 Å². The van der Waals surface area contributed by atoms with E-state index in [1.165, 1.54) is 0 Å². The molecule has 0 spiro atoms. The third-order valence-electron chi connectivity index (χ3n) is 4.77. The van der Waals surface area contributed by atoms with E-state index in [0.717, 1.165) is 48.6 Å². The Balaban J connectivity index is 1.98. The van der Waals surface area contributed by atoms with Crippen molar-refractivity contribution in [1.82, 2.24) is 10.3 Å². The molecule has 31 heavy (non-hydrogen) atoms. The number of hydrogen-bond acceptors (Lipinski definition) is 3. The first-order valence-electron chi connectivity index (χ1n) is 10.5. The minimum absolute atomic E-state index is 0.200. The lowest BCUT2D eigenvalue weighted by atomic mass is 10.0. The molecule has 1 aromatic carbocycles. The summed E-state index contributed by atoms with van der Waals surface area (Å²) in [7, 11) is 0. The van der Waals surface area contributed by atoms with E-state index >= 15 is 0 Å². The van der Waals surface area contributed by atoms with Gasteiger partial charge in [0.2, 0.25) is 11.8 Å². The Bertz CT molecular complexity index is 893. The van der Waals surface area contributed by atoms with Crippen LogP contribution in [0.25, 0.3) is 5.57 Å². The molecule has 0 saturated carbocycles. The summed E-state index contributed by atoms with van der Waals surface area (Å²) < 4.78 is 26.6. The lowest BCUT2D eigenvalue weighted by Crippen LogP contribution is -2.44. The maximum Gasteiger partial charge on any atom is 0.248 e. The maximum atomic E-state index is 13.3. The molecule has 2 N–H and O–H groups in total. The highest BCUT2D eigenvalue weighted by Crippen LogP contribution is 2.19. The van der Waals surface area contributed by atoms with Crippen molar-refractivity contribution in [2.75, 3.05) is 5.32 Å². The minimum Gasteiger partial charge on any atom is -0.344 e. The molecular formula is C24H29F2N3O2. The number of halogens is 2. The molecule has 2 aromatic rings. The van der Waals surface area contributed by atoms with Crippen LogP contribution in [0.5, 0.6) is 0 Å². The van der Waals surface area contributed by atoms with Gasteiger partial charge in [-0.25, -0.2) is 13.8 Å². The number of nitrogens with one attached hydrogen (secondary N) is 2. The zero-order valence-electron chi connectivity index (χ0n) is 18.0. The van der Waals surface area contributed by atoms with E-state index in [1.807, 2.05) is 13.0 Å². The smallest absolute Gasteiger partial charge is 0.248 e. The van der Waals surface area contributed by atoms with Gasteiger partial charge < -0.3 is 10.6 Å². The highest BCUT2D eigenvalue weighted by Gasteiger charge is 2.21. The fraction of sp³-hybridized carbons (Fsp3) is 0.375. The lowest BCUT2D eigenvalue weighted by Gasteiger charge is -2.18. The summed E-state index contributed by atoms with van der Waals surface area (Å²) >= 11 is 0. The molecule has 5 nitrogen and oxygen atoms in total. The molecule has 0 aliphatic carbocycles. The van der Waals surface area contributed by atoms with Crippen molar-refractivity contribution in [3.8, 4) is 0 Å². The molecule has 0 saturated heterocycles. The summed E-state index contributed by atoms with van der Waals surface area (Å²) in [6, 6.07) is 5.70. The van der Waals surface area contributed by atoms with Gasteiger partial charge in [0.1, 0.15) is 23.5 Å².